The Balaban J connectivity index is 3.15. The second kappa shape index (κ2) is 8.19. The van der Waals surface area contributed by atoms with Crippen LogP contribution in [0.25, 0.3) is 0 Å². The van der Waals surface area contributed by atoms with Crippen LogP contribution in [-0.4, -0.2) is 41.7 Å². The summed E-state index contributed by atoms with van der Waals surface area (Å²) in [5, 5.41) is 0. The number of carbonyl (C=O) groups excluding carboxylic acids is 1. The van der Waals surface area contributed by atoms with E-state index in [2.05, 4.69) is 46.1 Å². The van der Waals surface area contributed by atoms with Gasteiger partial charge in [0.15, 0.2) is 0 Å². The third-order valence-corrected chi connectivity index (χ3v) is 6.10. The maximum absolute atomic E-state index is 11.5. The largest absolute Gasteiger partial charge is 0.494 e. The Morgan fingerprint density at radius 1 is 1.33 bits per heavy atom. The Labute approximate surface area is 147 Å². The van der Waals surface area contributed by atoms with Gasteiger partial charge in [0, 0.05) is 30.0 Å². The van der Waals surface area contributed by atoms with Crippen LogP contribution in [-0.2, 0) is 14.3 Å². The normalized spacial score (nSPS) is 34.7. The lowest BCUT2D eigenvalue weighted by Crippen LogP contribution is -2.67. The van der Waals surface area contributed by atoms with E-state index >= 15 is 0 Å². The Hall–Kier alpha value is -1.29. The van der Waals surface area contributed by atoms with Crippen LogP contribution in [0.3, 0.4) is 0 Å². The topological polar surface area (TPSA) is 38.8 Å². The highest BCUT2D eigenvalue weighted by molar-refractivity contribution is 5.82. The van der Waals surface area contributed by atoms with Gasteiger partial charge in [0.1, 0.15) is 11.9 Å². The number of carbonyl (C=O) groups is 1. The summed E-state index contributed by atoms with van der Waals surface area (Å²) >= 11 is 0. The molecule has 1 aliphatic heterocycles. The second-order valence-corrected chi connectivity index (χ2v) is 7.39. The van der Waals surface area contributed by atoms with Crippen LogP contribution in [0.4, 0.5) is 0 Å². The number of rotatable bonds is 7. The van der Waals surface area contributed by atoms with E-state index in [-0.39, 0.29) is 23.2 Å². The zero-order valence-corrected chi connectivity index (χ0v) is 16.5. The number of hydrogen-bond donors (Lipinski definition) is 0. The van der Waals surface area contributed by atoms with Crippen molar-refractivity contribution in [3.63, 3.8) is 0 Å². The summed E-state index contributed by atoms with van der Waals surface area (Å²) in [6.07, 6.45) is 6.51. The smallest absolute Gasteiger partial charge is 0.333 e. The third-order valence-electron chi connectivity index (χ3n) is 6.10. The number of piperidine rings is 1. The van der Waals surface area contributed by atoms with Crippen molar-refractivity contribution in [2.24, 2.45) is 5.92 Å². The van der Waals surface area contributed by atoms with Gasteiger partial charge < -0.3 is 9.47 Å². The summed E-state index contributed by atoms with van der Waals surface area (Å²) in [4.78, 5) is 14.0. The van der Waals surface area contributed by atoms with E-state index < -0.39 is 0 Å². The van der Waals surface area contributed by atoms with Crippen LogP contribution in [0.1, 0.15) is 60.8 Å². The van der Waals surface area contributed by atoms with Crippen LogP contribution in [0.2, 0.25) is 0 Å². The molecule has 4 nitrogen and oxygen atoms in total. The number of hydrogen-bond acceptors (Lipinski definition) is 4. The van der Waals surface area contributed by atoms with Crippen molar-refractivity contribution in [1.82, 2.24) is 4.90 Å². The summed E-state index contributed by atoms with van der Waals surface area (Å²) in [6, 6.07) is 0. The molecule has 0 aromatic carbocycles. The molecule has 0 bridgehead atoms. The first-order chi connectivity index (χ1) is 11.2. The molecule has 1 rings (SSSR count). The first-order valence-corrected chi connectivity index (χ1v) is 9.00. The lowest BCUT2D eigenvalue weighted by atomic mass is 9.68. The summed E-state index contributed by atoms with van der Waals surface area (Å²) < 4.78 is 10.9. The Morgan fingerprint density at radius 2 is 1.96 bits per heavy atom. The molecule has 0 saturated carbocycles. The Morgan fingerprint density at radius 3 is 2.42 bits per heavy atom. The predicted molar refractivity (Wildman–Crippen MR) is 98.7 cm³/mol. The maximum Gasteiger partial charge on any atom is 0.333 e. The fourth-order valence-electron chi connectivity index (χ4n) is 4.03. The summed E-state index contributed by atoms with van der Waals surface area (Å²) in [7, 11) is 1.38. The molecule has 24 heavy (non-hydrogen) atoms. The monoisotopic (exact) mass is 337 g/mol. The van der Waals surface area contributed by atoms with Crippen LogP contribution in [0.15, 0.2) is 24.5 Å². The SMILES string of the molecule is C=CCN1C(C)(CC)CC(O/C(C)=C\C(=O)OC)C(C)C1(C)CC. The van der Waals surface area contributed by atoms with Crippen molar-refractivity contribution in [2.75, 3.05) is 13.7 Å². The molecule has 4 atom stereocenters. The minimum Gasteiger partial charge on any atom is -0.494 e. The number of ether oxygens (including phenoxy) is 2. The number of nitrogens with zero attached hydrogens (tertiary/aromatic N) is 1. The predicted octanol–water partition coefficient (Wildman–Crippen LogP) is 4.31. The van der Waals surface area contributed by atoms with E-state index in [1.54, 1.807) is 0 Å². The van der Waals surface area contributed by atoms with Gasteiger partial charge >= 0.3 is 5.97 Å². The molecule has 0 radical (unpaired) electrons. The Kier molecular flexibility index (Phi) is 7.09. The first-order valence-electron chi connectivity index (χ1n) is 9.00. The molecule has 0 N–H and O–H groups in total. The lowest BCUT2D eigenvalue weighted by Gasteiger charge is -2.60. The fraction of sp³-hybridized carbons (Fsp3) is 0.750. The van der Waals surface area contributed by atoms with Crippen molar-refractivity contribution in [2.45, 2.75) is 78.0 Å². The van der Waals surface area contributed by atoms with Gasteiger partial charge in [-0.25, -0.2) is 4.79 Å². The quantitative estimate of drug-likeness (QED) is 0.300. The zero-order valence-electron chi connectivity index (χ0n) is 16.5. The highest BCUT2D eigenvalue weighted by Gasteiger charge is 2.52. The molecule has 0 aromatic heterocycles. The van der Waals surface area contributed by atoms with Crippen molar-refractivity contribution >= 4 is 5.97 Å². The van der Waals surface area contributed by atoms with Crippen LogP contribution < -0.4 is 0 Å². The maximum atomic E-state index is 11.5. The fourth-order valence-corrected chi connectivity index (χ4v) is 4.03. The van der Waals surface area contributed by atoms with Gasteiger partial charge in [-0.05, 0) is 33.6 Å². The van der Waals surface area contributed by atoms with Crippen molar-refractivity contribution in [3.8, 4) is 0 Å². The average molecular weight is 338 g/mol. The molecule has 0 aromatic rings. The van der Waals surface area contributed by atoms with Crippen LogP contribution in [0.5, 0.6) is 0 Å². The summed E-state index contributed by atoms with van der Waals surface area (Å²) in [5.74, 6) is 0.580. The molecule has 4 heteroatoms. The van der Waals surface area contributed by atoms with E-state index in [4.69, 9.17) is 9.47 Å². The van der Waals surface area contributed by atoms with E-state index in [0.29, 0.717) is 11.7 Å². The summed E-state index contributed by atoms with van der Waals surface area (Å²) in [6.45, 7) is 18.0. The standard InChI is InChI=1S/C20H35NO3/c1-9-12-21-19(6,10-2)14-17(16(5)20(21,7)11-3)24-15(4)13-18(22)23-8/h9,13,16-17H,1,10-12,14H2,2-8H3/b15-13-. The van der Waals surface area contributed by atoms with E-state index in [1.807, 2.05) is 13.0 Å². The van der Waals surface area contributed by atoms with Crippen molar-refractivity contribution in [1.29, 1.82) is 0 Å². The molecule has 1 saturated heterocycles. The average Bonchev–Trinajstić information content (AvgIpc) is 2.56. The van der Waals surface area contributed by atoms with Gasteiger partial charge in [-0.1, -0.05) is 26.8 Å². The second-order valence-electron chi connectivity index (χ2n) is 7.39. The third kappa shape index (κ3) is 4.02. The minimum absolute atomic E-state index is 0.0212. The molecule has 0 spiro atoms. The zero-order chi connectivity index (χ0) is 18.5. The summed E-state index contributed by atoms with van der Waals surface area (Å²) in [5.41, 5.74) is 0.0646. The number of allylic oxidation sites excluding steroid dienone is 1. The molecule has 1 heterocycles. The molecule has 0 aliphatic carbocycles. The van der Waals surface area contributed by atoms with Gasteiger partial charge in [-0.2, -0.15) is 0 Å². The van der Waals surface area contributed by atoms with E-state index in [0.717, 1.165) is 25.8 Å². The number of likely N-dealkylation sites (tertiary alicyclic amines) is 1. The van der Waals surface area contributed by atoms with Gasteiger partial charge in [-0.15, -0.1) is 6.58 Å². The van der Waals surface area contributed by atoms with Crippen molar-refractivity contribution < 1.29 is 14.3 Å². The van der Waals surface area contributed by atoms with Crippen molar-refractivity contribution in [3.05, 3.63) is 24.5 Å². The van der Waals surface area contributed by atoms with Crippen LogP contribution >= 0.6 is 0 Å². The molecule has 4 unspecified atom stereocenters. The highest BCUT2D eigenvalue weighted by atomic mass is 16.5. The van der Waals surface area contributed by atoms with Gasteiger partial charge in [0.2, 0.25) is 0 Å². The number of esters is 1. The molecule has 0 amide bonds. The van der Waals surface area contributed by atoms with Crippen LogP contribution in [0, 0.1) is 5.92 Å². The molecular weight excluding hydrogens is 302 g/mol. The molecule has 1 aliphatic rings. The first kappa shape index (κ1) is 20.8. The minimum atomic E-state index is -0.374. The highest BCUT2D eigenvalue weighted by Crippen LogP contribution is 2.46. The Bertz CT molecular complexity index is 487. The number of methoxy groups -OCH3 is 1. The lowest BCUT2D eigenvalue weighted by molar-refractivity contribution is -0.140. The molecule has 1 fully saturated rings. The van der Waals surface area contributed by atoms with Gasteiger partial charge in [-0.3, -0.25) is 4.90 Å². The van der Waals surface area contributed by atoms with Gasteiger partial charge in [0.25, 0.3) is 0 Å². The van der Waals surface area contributed by atoms with E-state index in [9.17, 15) is 4.79 Å². The molecular formula is C20H35NO3. The van der Waals surface area contributed by atoms with Gasteiger partial charge in [0.05, 0.1) is 13.2 Å². The molecule has 138 valence electrons. The van der Waals surface area contributed by atoms with E-state index in [1.165, 1.54) is 13.2 Å².